The molecule has 0 aliphatic carbocycles. The van der Waals surface area contributed by atoms with Crippen molar-refractivity contribution < 1.29 is 19.4 Å². The molecule has 0 bridgehead atoms. The summed E-state index contributed by atoms with van der Waals surface area (Å²) in [6.07, 6.45) is 1.39. The molecular formula is C19H22N2O4. The summed E-state index contributed by atoms with van der Waals surface area (Å²) in [5, 5.41) is 20.1. The maximum absolute atomic E-state index is 12.5. The Morgan fingerprint density at radius 2 is 2.24 bits per heavy atom. The fraction of sp³-hybridized carbons (Fsp3) is 0.474. The zero-order chi connectivity index (χ0) is 18.2. The normalized spacial score (nSPS) is 24.2. The Morgan fingerprint density at radius 3 is 2.92 bits per heavy atom. The van der Waals surface area contributed by atoms with Gasteiger partial charge in [0.15, 0.2) is 0 Å². The number of ether oxygens (including phenoxy) is 2. The van der Waals surface area contributed by atoms with Crippen molar-refractivity contribution in [2.45, 2.75) is 44.9 Å². The van der Waals surface area contributed by atoms with Gasteiger partial charge in [0, 0.05) is 11.6 Å². The van der Waals surface area contributed by atoms with Gasteiger partial charge in [0.25, 0.3) is 5.91 Å². The van der Waals surface area contributed by atoms with Crippen LogP contribution in [0, 0.1) is 11.3 Å². The van der Waals surface area contributed by atoms with Gasteiger partial charge in [0.05, 0.1) is 30.8 Å². The number of hydrogen-bond donors (Lipinski definition) is 1. The van der Waals surface area contributed by atoms with Crippen LogP contribution < -0.4 is 4.74 Å². The molecule has 132 valence electrons. The van der Waals surface area contributed by atoms with E-state index in [9.17, 15) is 15.2 Å². The average Bonchev–Trinajstić information content (AvgIpc) is 2.94. The molecule has 2 aliphatic heterocycles. The second kappa shape index (κ2) is 6.41. The number of hydrogen-bond acceptors (Lipinski definition) is 5. The first-order valence-corrected chi connectivity index (χ1v) is 8.42. The number of aliphatic hydroxyl groups excluding tert-OH is 1. The lowest BCUT2D eigenvalue weighted by molar-refractivity contribution is -0.137. The van der Waals surface area contributed by atoms with Crippen LogP contribution in [-0.2, 0) is 9.53 Å². The quantitative estimate of drug-likeness (QED) is 0.908. The molecule has 3 rings (SSSR count). The Kier molecular flexibility index (Phi) is 4.44. The standard InChI is InChI=1S/C19H22N2O4/c1-4-7-24-13-9-16(22)21(11-13)17-14-8-12(10-20)5-6-15(14)25-19(2,3)18(17)23/h5-6,8-9,17-18,23H,4,7,11H2,1-3H3/t17-,18+/m1/s1. The second-order valence-electron chi connectivity index (χ2n) is 6.88. The minimum atomic E-state index is -0.934. The molecule has 25 heavy (non-hydrogen) atoms. The van der Waals surface area contributed by atoms with Gasteiger partial charge in [-0.25, -0.2) is 0 Å². The Bertz CT molecular complexity index is 763. The van der Waals surface area contributed by atoms with Crippen molar-refractivity contribution in [3.8, 4) is 11.8 Å². The maximum atomic E-state index is 12.5. The van der Waals surface area contributed by atoms with E-state index in [0.29, 0.717) is 35.8 Å². The maximum Gasteiger partial charge on any atom is 0.251 e. The predicted octanol–water partition coefficient (Wildman–Crippen LogP) is 2.28. The number of amides is 1. The predicted molar refractivity (Wildman–Crippen MR) is 90.7 cm³/mol. The summed E-state index contributed by atoms with van der Waals surface area (Å²) in [6.45, 7) is 6.42. The highest BCUT2D eigenvalue weighted by Crippen LogP contribution is 2.44. The molecule has 0 unspecified atom stereocenters. The van der Waals surface area contributed by atoms with Crippen LogP contribution in [0.4, 0.5) is 0 Å². The van der Waals surface area contributed by atoms with Crippen LogP contribution in [0.3, 0.4) is 0 Å². The van der Waals surface area contributed by atoms with Gasteiger partial charge in [-0.15, -0.1) is 0 Å². The topological polar surface area (TPSA) is 82.8 Å². The van der Waals surface area contributed by atoms with Gasteiger partial charge in [0.1, 0.15) is 23.2 Å². The van der Waals surface area contributed by atoms with Gasteiger partial charge >= 0.3 is 0 Å². The van der Waals surface area contributed by atoms with E-state index in [0.717, 1.165) is 6.42 Å². The molecule has 0 aromatic heterocycles. The Hall–Kier alpha value is -2.52. The number of nitriles is 1. The molecule has 1 amide bonds. The summed E-state index contributed by atoms with van der Waals surface area (Å²) in [7, 11) is 0. The summed E-state index contributed by atoms with van der Waals surface area (Å²) < 4.78 is 11.5. The Balaban J connectivity index is 1.98. The first-order valence-electron chi connectivity index (χ1n) is 8.42. The van der Waals surface area contributed by atoms with E-state index in [1.54, 1.807) is 36.9 Å². The first-order chi connectivity index (χ1) is 11.9. The lowest BCUT2D eigenvalue weighted by atomic mass is 9.85. The molecule has 1 aromatic carbocycles. The van der Waals surface area contributed by atoms with Gasteiger partial charge in [-0.05, 0) is 38.5 Å². The number of carbonyl (C=O) groups excluding carboxylic acids is 1. The summed E-state index contributed by atoms with van der Waals surface area (Å²) >= 11 is 0. The molecule has 0 saturated heterocycles. The van der Waals surface area contributed by atoms with Crippen molar-refractivity contribution in [3.63, 3.8) is 0 Å². The molecule has 6 heteroatoms. The van der Waals surface area contributed by atoms with Crippen molar-refractivity contribution in [1.29, 1.82) is 5.26 Å². The van der Waals surface area contributed by atoms with Crippen LogP contribution in [0.25, 0.3) is 0 Å². The van der Waals surface area contributed by atoms with Crippen molar-refractivity contribution in [2.75, 3.05) is 13.2 Å². The molecule has 0 radical (unpaired) electrons. The highest BCUT2D eigenvalue weighted by molar-refractivity contribution is 5.91. The highest BCUT2D eigenvalue weighted by atomic mass is 16.5. The Morgan fingerprint density at radius 1 is 1.48 bits per heavy atom. The number of benzene rings is 1. The minimum Gasteiger partial charge on any atom is -0.496 e. The first kappa shape index (κ1) is 17.3. The van der Waals surface area contributed by atoms with E-state index in [4.69, 9.17) is 9.47 Å². The average molecular weight is 342 g/mol. The van der Waals surface area contributed by atoms with Gasteiger partial charge in [-0.3, -0.25) is 4.79 Å². The Labute approximate surface area is 147 Å². The molecule has 2 heterocycles. The van der Waals surface area contributed by atoms with Crippen molar-refractivity contribution >= 4 is 5.91 Å². The third kappa shape index (κ3) is 3.08. The van der Waals surface area contributed by atoms with Crippen LogP contribution in [0.1, 0.15) is 44.4 Å². The smallest absolute Gasteiger partial charge is 0.251 e. The SMILES string of the molecule is CCCOC1=CC(=O)N([C@@H]2c3cc(C#N)ccc3OC(C)(C)[C@H]2O)C1. The summed E-state index contributed by atoms with van der Waals surface area (Å²) in [5.74, 6) is 0.970. The minimum absolute atomic E-state index is 0.207. The molecule has 0 saturated carbocycles. The number of fused-ring (bicyclic) bond motifs is 1. The third-order valence-corrected chi connectivity index (χ3v) is 4.56. The monoisotopic (exact) mass is 342 g/mol. The zero-order valence-corrected chi connectivity index (χ0v) is 14.7. The largest absolute Gasteiger partial charge is 0.496 e. The molecule has 1 aromatic rings. The lowest BCUT2D eigenvalue weighted by Crippen LogP contribution is -2.54. The van der Waals surface area contributed by atoms with Crippen LogP contribution in [-0.4, -0.2) is 40.8 Å². The van der Waals surface area contributed by atoms with Gasteiger partial charge in [0.2, 0.25) is 0 Å². The van der Waals surface area contributed by atoms with Crippen molar-refractivity contribution in [1.82, 2.24) is 4.90 Å². The molecule has 2 atom stereocenters. The van der Waals surface area contributed by atoms with E-state index in [-0.39, 0.29) is 5.91 Å². The molecule has 0 fully saturated rings. The highest BCUT2D eigenvalue weighted by Gasteiger charge is 2.47. The van der Waals surface area contributed by atoms with Crippen LogP contribution in [0.15, 0.2) is 30.0 Å². The van der Waals surface area contributed by atoms with Gasteiger partial charge < -0.3 is 19.5 Å². The number of carbonyl (C=O) groups is 1. The second-order valence-corrected chi connectivity index (χ2v) is 6.88. The molecule has 0 spiro atoms. The zero-order valence-electron chi connectivity index (χ0n) is 14.7. The van der Waals surface area contributed by atoms with Crippen LogP contribution in [0.5, 0.6) is 5.75 Å². The number of nitrogens with zero attached hydrogens (tertiary/aromatic N) is 2. The summed E-state index contributed by atoms with van der Waals surface area (Å²) in [6, 6.07) is 6.56. The summed E-state index contributed by atoms with van der Waals surface area (Å²) in [4.78, 5) is 14.1. The van der Waals surface area contributed by atoms with Gasteiger partial charge in [-0.1, -0.05) is 6.92 Å². The van der Waals surface area contributed by atoms with Crippen LogP contribution >= 0.6 is 0 Å². The molecule has 6 nitrogen and oxygen atoms in total. The van der Waals surface area contributed by atoms with E-state index in [1.807, 2.05) is 6.92 Å². The fourth-order valence-electron chi connectivity index (χ4n) is 3.24. The lowest BCUT2D eigenvalue weighted by Gasteiger charge is -2.45. The number of aliphatic hydroxyl groups is 1. The van der Waals surface area contributed by atoms with E-state index in [2.05, 4.69) is 6.07 Å². The number of rotatable bonds is 4. The summed E-state index contributed by atoms with van der Waals surface area (Å²) in [5.41, 5.74) is 0.241. The van der Waals surface area contributed by atoms with E-state index >= 15 is 0 Å². The van der Waals surface area contributed by atoms with Crippen molar-refractivity contribution in [3.05, 3.63) is 41.2 Å². The third-order valence-electron chi connectivity index (χ3n) is 4.56. The van der Waals surface area contributed by atoms with Gasteiger partial charge in [-0.2, -0.15) is 5.26 Å². The fourth-order valence-corrected chi connectivity index (χ4v) is 3.24. The van der Waals surface area contributed by atoms with E-state index < -0.39 is 17.7 Å². The molecule has 2 aliphatic rings. The van der Waals surface area contributed by atoms with Crippen molar-refractivity contribution in [2.24, 2.45) is 0 Å². The molecule has 1 N–H and O–H groups in total. The molecular weight excluding hydrogens is 320 g/mol. The van der Waals surface area contributed by atoms with E-state index in [1.165, 1.54) is 6.08 Å². The van der Waals surface area contributed by atoms with Crippen LogP contribution in [0.2, 0.25) is 0 Å².